The standard InChI is InChI=1S/C15H18ClN3S.ClH/c1-11-18-8-14(20-11)10-19-6-5-17-9-15(19)12-3-2-4-13(16)7-12;/h2-4,7-8,15,17H,5-6,9-10H2,1H3;1H. The molecule has 1 aromatic heterocycles. The number of hydrogen-bond donors (Lipinski definition) is 1. The van der Waals surface area contributed by atoms with Crippen LogP contribution in [0.25, 0.3) is 0 Å². The van der Waals surface area contributed by atoms with Crippen molar-refractivity contribution in [3.05, 3.63) is 50.9 Å². The minimum Gasteiger partial charge on any atom is -0.314 e. The van der Waals surface area contributed by atoms with Gasteiger partial charge < -0.3 is 5.32 Å². The average molecular weight is 344 g/mol. The Labute approximate surface area is 140 Å². The van der Waals surface area contributed by atoms with E-state index in [1.54, 1.807) is 11.3 Å². The first-order valence-corrected chi connectivity index (χ1v) is 8.03. The van der Waals surface area contributed by atoms with E-state index in [2.05, 4.69) is 34.3 Å². The Bertz CT molecular complexity index is 588. The molecule has 6 heteroatoms. The molecule has 1 fully saturated rings. The summed E-state index contributed by atoms with van der Waals surface area (Å²) in [6.07, 6.45) is 2.00. The van der Waals surface area contributed by atoms with Crippen molar-refractivity contribution < 1.29 is 0 Å². The van der Waals surface area contributed by atoms with Gasteiger partial charge in [-0.25, -0.2) is 4.98 Å². The lowest BCUT2D eigenvalue weighted by atomic mass is 10.0. The van der Waals surface area contributed by atoms with Crippen molar-refractivity contribution in [3.63, 3.8) is 0 Å². The molecule has 1 saturated heterocycles. The number of halogens is 2. The minimum absolute atomic E-state index is 0. The third-order valence-corrected chi connectivity index (χ3v) is 4.75. The van der Waals surface area contributed by atoms with Crippen LogP contribution in [0.2, 0.25) is 5.02 Å². The van der Waals surface area contributed by atoms with Gasteiger partial charge in [-0.1, -0.05) is 23.7 Å². The molecular weight excluding hydrogens is 325 g/mol. The minimum atomic E-state index is 0. The number of aromatic nitrogens is 1. The van der Waals surface area contributed by atoms with E-state index < -0.39 is 0 Å². The van der Waals surface area contributed by atoms with Gasteiger partial charge in [0.1, 0.15) is 0 Å². The summed E-state index contributed by atoms with van der Waals surface area (Å²) in [4.78, 5) is 8.19. The Morgan fingerprint density at radius 3 is 3.05 bits per heavy atom. The first-order valence-electron chi connectivity index (χ1n) is 6.84. The van der Waals surface area contributed by atoms with Crippen LogP contribution in [-0.2, 0) is 6.54 Å². The summed E-state index contributed by atoms with van der Waals surface area (Å²) in [6.45, 7) is 6.08. The summed E-state index contributed by atoms with van der Waals surface area (Å²) < 4.78 is 0. The van der Waals surface area contributed by atoms with Crippen LogP contribution in [0.4, 0.5) is 0 Å². The molecule has 0 aliphatic carbocycles. The maximum atomic E-state index is 6.13. The van der Waals surface area contributed by atoms with E-state index in [1.165, 1.54) is 10.4 Å². The van der Waals surface area contributed by atoms with E-state index in [-0.39, 0.29) is 12.4 Å². The van der Waals surface area contributed by atoms with Gasteiger partial charge in [-0.3, -0.25) is 4.90 Å². The molecule has 2 aromatic rings. The second-order valence-electron chi connectivity index (χ2n) is 5.09. The van der Waals surface area contributed by atoms with Crippen LogP contribution in [0.1, 0.15) is 21.5 Å². The maximum absolute atomic E-state index is 6.13. The summed E-state index contributed by atoms with van der Waals surface area (Å²) >= 11 is 7.91. The number of nitrogens with zero attached hydrogens (tertiary/aromatic N) is 2. The third kappa shape index (κ3) is 4.18. The molecule has 1 N–H and O–H groups in total. The molecule has 0 bridgehead atoms. The van der Waals surface area contributed by atoms with Crippen LogP contribution in [0.3, 0.4) is 0 Å². The Morgan fingerprint density at radius 2 is 2.33 bits per heavy atom. The normalized spacial score (nSPS) is 19.2. The van der Waals surface area contributed by atoms with Crippen LogP contribution in [0.5, 0.6) is 0 Å². The van der Waals surface area contributed by atoms with Gasteiger partial charge in [0.05, 0.1) is 5.01 Å². The summed E-state index contributed by atoms with van der Waals surface area (Å²) in [5, 5.41) is 5.42. The first kappa shape index (κ1) is 16.7. The van der Waals surface area contributed by atoms with Crippen molar-refractivity contribution in [2.45, 2.75) is 19.5 Å². The van der Waals surface area contributed by atoms with Gasteiger partial charge in [-0.05, 0) is 24.6 Å². The van der Waals surface area contributed by atoms with E-state index in [9.17, 15) is 0 Å². The van der Waals surface area contributed by atoms with Crippen molar-refractivity contribution >= 4 is 35.3 Å². The van der Waals surface area contributed by atoms with E-state index in [0.717, 1.165) is 36.2 Å². The van der Waals surface area contributed by atoms with Crippen LogP contribution < -0.4 is 5.32 Å². The van der Waals surface area contributed by atoms with E-state index in [1.807, 2.05) is 18.3 Å². The summed E-state index contributed by atoms with van der Waals surface area (Å²) in [6, 6.07) is 8.57. The van der Waals surface area contributed by atoms with Crippen molar-refractivity contribution in [1.82, 2.24) is 15.2 Å². The van der Waals surface area contributed by atoms with Crippen molar-refractivity contribution in [3.8, 4) is 0 Å². The zero-order chi connectivity index (χ0) is 13.9. The molecule has 0 amide bonds. The lowest BCUT2D eigenvalue weighted by Gasteiger charge is -2.36. The smallest absolute Gasteiger partial charge is 0.0897 e. The lowest BCUT2D eigenvalue weighted by molar-refractivity contribution is 0.155. The third-order valence-electron chi connectivity index (χ3n) is 3.62. The van der Waals surface area contributed by atoms with Gasteiger partial charge >= 0.3 is 0 Å². The highest BCUT2D eigenvalue weighted by molar-refractivity contribution is 7.11. The van der Waals surface area contributed by atoms with Crippen molar-refractivity contribution in [2.75, 3.05) is 19.6 Å². The Kier molecular flexibility index (Phi) is 6.02. The van der Waals surface area contributed by atoms with Gasteiger partial charge in [-0.15, -0.1) is 23.7 Å². The molecule has 2 heterocycles. The van der Waals surface area contributed by atoms with Crippen LogP contribution in [-0.4, -0.2) is 29.5 Å². The van der Waals surface area contributed by atoms with Crippen molar-refractivity contribution in [1.29, 1.82) is 0 Å². The molecule has 1 aliphatic rings. The number of hydrogen-bond acceptors (Lipinski definition) is 4. The highest BCUT2D eigenvalue weighted by Crippen LogP contribution is 2.27. The monoisotopic (exact) mass is 343 g/mol. The van der Waals surface area contributed by atoms with Crippen molar-refractivity contribution in [2.24, 2.45) is 0 Å². The van der Waals surface area contributed by atoms with Crippen LogP contribution in [0.15, 0.2) is 30.5 Å². The number of piperazine rings is 1. The maximum Gasteiger partial charge on any atom is 0.0897 e. The predicted octanol–water partition coefficient (Wildman–Crippen LogP) is 3.67. The molecule has 1 aromatic carbocycles. The summed E-state index contributed by atoms with van der Waals surface area (Å²) in [5.41, 5.74) is 1.28. The molecule has 0 saturated carbocycles. The van der Waals surface area contributed by atoms with Gasteiger partial charge in [0.15, 0.2) is 0 Å². The topological polar surface area (TPSA) is 28.2 Å². The number of aryl methyl sites for hydroxylation is 1. The molecule has 0 spiro atoms. The van der Waals surface area contributed by atoms with Gasteiger partial charge in [0, 0.05) is 48.3 Å². The predicted molar refractivity (Wildman–Crippen MR) is 91.6 cm³/mol. The van der Waals surface area contributed by atoms with E-state index in [4.69, 9.17) is 11.6 Å². The summed E-state index contributed by atoms with van der Waals surface area (Å²) in [5.74, 6) is 0. The van der Waals surface area contributed by atoms with Gasteiger partial charge in [-0.2, -0.15) is 0 Å². The molecule has 1 aliphatic heterocycles. The molecule has 1 unspecified atom stereocenters. The zero-order valence-corrected chi connectivity index (χ0v) is 14.3. The average Bonchev–Trinajstić information content (AvgIpc) is 2.85. The van der Waals surface area contributed by atoms with Gasteiger partial charge in [0.2, 0.25) is 0 Å². The van der Waals surface area contributed by atoms with Crippen LogP contribution in [0, 0.1) is 6.92 Å². The number of nitrogens with one attached hydrogen (secondary N) is 1. The van der Waals surface area contributed by atoms with Crippen LogP contribution >= 0.6 is 35.3 Å². The number of thiazole rings is 1. The fraction of sp³-hybridized carbons (Fsp3) is 0.400. The zero-order valence-electron chi connectivity index (χ0n) is 11.9. The molecule has 0 radical (unpaired) electrons. The van der Waals surface area contributed by atoms with Gasteiger partial charge in [0.25, 0.3) is 0 Å². The fourth-order valence-electron chi connectivity index (χ4n) is 2.66. The Balaban J connectivity index is 0.00000161. The Morgan fingerprint density at radius 1 is 1.48 bits per heavy atom. The second kappa shape index (κ2) is 7.56. The second-order valence-corrected chi connectivity index (χ2v) is 6.85. The summed E-state index contributed by atoms with van der Waals surface area (Å²) in [7, 11) is 0. The highest BCUT2D eigenvalue weighted by atomic mass is 35.5. The largest absolute Gasteiger partial charge is 0.314 e. The molecule has 3 rings (SSSR count). The highest BCUT2D eigenvalue weighted by Gasteiger charge is 2.24. The molecule has 21 heavy (non-hydrogen) atoms. The molecular formula is C15H19Cl2N3S. The first-order chi connectivity index (χ1) is 9.72. The molecule has 1 atom stereocenters. The number of rotatable bonds is 3. The number of benzene rings is 1. The van der Waals surface area contributed by atoms with E-state index in [0.29, 0.717) is 6.04 Å². The fourth-order valence-corrected chi connectivity index (χ4v) is 3.68. The lowest BCUT2D eigenvalue weighted by Crippen LogP contribution is -2.45. The SMILES string of the molecule is Cc1ncc(CN2CCNCC2c2cccc(Cl)c2)s1.Cl. The molecule has 3 nitrogen and oxygen atoms in total. The Hall–Kier alpha value is -0.650. The molecule has 114 valence electrons. The van der Waals surface area contributed by atoms with E-state index >= 15 is 0 Å². The quantitative estimate of drug-likeness (QED) is 0.921.